The van der Waals surface area contributed by atoms with E-state index < -0.39 is 10.0 Å². The minimum Gasteiger partial charge on any atom is -0.354 e. The summed E-state index contributed by atoms with van der Waals surface area (Å²) in [5, 5.41) is 15.8. The topological polar surface area (TPSA) is 120 Å². The summed E-state index contributed by atoms with van der Waals surface area (Å²) in [5.74, 6) is -0.170. The number of hydrogen-bond donors (Lipinski definition) is 2. The Labute approximate surface area is 144 Å². The summed E-state index contributed by atoms with van der Waals surface area (Å²) in [6.45, 7) is 0.519. The van der Waals surface area contributed by atoms with Crippen LogP contribution in [0.1, 0.15) is 5.56 Å². The second-order valence-corrected chi connectivity index (χ2v) is 7.09. The molecule has 0 bridgehead atoms. The Hall–Kier alpha value is -2.78. The Morgan fingerprint density at radius 2 is 1.84 bits per heavy atom. The number of nitrogens with zero attached hydrogens (tertiary/aromatic N) is 3. The molecule has 0 spiro atoms. The molecular weight excluding hydrogens is 342 g/mol. The van der Waals surface area contributed by atoms with E-state index in [0.29, 0.717) is 13.0 Å². The monoisotopic (exact) mass is 359 g/mol. The van der Waals surface area contributed by atoms with Crippen LogP contribution in [0.3, 0.4) is 0 Å². The van der Waals surface area contributed by atoms with Crippen molar-refractivity contribution in [2.45, 2.75) is 17.9 Å². The molecule has 0 aliphatic heterocycles. The van der Waals surface area contributed by atoms with E-state index in [9.17, 15) is 13.2 Å². The van der Waals surface area contributed by atoms with E-state index in [1.807, 2.05) is 24.3 Å². The predicted octanol–water partition coefficient (Wildman–Crippen LogP) is 0.438. The van der Waals surface area contributed by atoms with Crippen LogP contribution in [0.2, 0.25) is 0 Å². The van der Waals surface area contributed by atoms with Gasteiger partial charge in [0.15, 0.2) is 0 Å². The largest absolute Gasteiger partial charge is 0.354 e. The van der Waals surface area contributed by atoms with Gasteiger partial charge in [-0.1, -0.05) is 29.5 Å². The van der Waals surface area contributed by atoms with Crippen molar-refractivity contribution in [3.63, 3.8) is 0 Å². The summed E-state index contributed by atoms with van der Waals surface area (Å²) >= 11 is 0. The van der Waals surface area contributed by atoms with Crippen molar-refractivity contribution >= 4 is 27.0 Å². The Morgan fingerprint density at radius 3 is 2.56 bits per heavy atom. The van der Waals surface area contributed by atoms with Crippen molar-refractivity contribution < 1.29 is 13.2 Å². The van der Waals surface area contributed by atoms with Crippen molar-refractivity contribution in [1.82, 2.24) is 20.3 Å². The molecule has 3 aromatic rings. The fraction of sp³-hybridized carbons (Fsp3) is 0.188. The Bertz CT molecular complexity index is 996. The fourth-order valence-corrected chi connectivity index (χ4v) is 2.93. The number of sulfonamides is 1. The third-order valence-corrected chi connectivity index (χ3v) is 4.63. The van der Waals surface area contributed by atoms with Crippen molar-refractivity contribution in [3.05, 3.63) is 54.1 Å². The number of primary sulfonamides is 1. The minimum atomic E-state index is -3.69. The van der Waals surface area contributed by atoms with Gasteiger partial charge in [0.2, 0.25) is 15.9 Å². The van der Waals surface area contributed by atoms with Crippen molar-refractivity contribution in [3.8, 4) is 0 Å². The second kappa shape index (κ2) is 6.99. The van der Waals surface area contributed by atoms with Crippen molar-refractivity contribution in [2.75, 3.05) is 6.54 Å². The lowest BCUT2D eigenvalue weighted by molar-refractivity contribution is -0.121. The highest BCUT2D eigenvalue weighted by atomic mass is 32.2. The number of rotatable bonds is 6. The van der Waals surface area contributed by atoms with Crippen LogP contribution >= 0.6 is 0 Å². The zero-order chi connectivity index (χ0) is 17.9. The van der Waals surface area contributed by atoms with Gasteiger partial charge >= 0.3 is 0 Å². The maximum Gasteiger partial charge on any atom is 0.241 e. The Balaban J connectivity index is 1.53. The number of nitrogens with one attached hydrogen (secondary N) is 1. The van der Waals surface area contributed by atoms with Crippen LogP contribution < -0.4 is 10.5 Å². The third-order valence-electron chi connectivity index (χ3n) is 3.70. The lowest BCUT2D eigenvalue weighted by Gasteiger charge is -2.06. The second-order valence-electron chi connectivity index (χ2n) is 5.52. The summed E-state index contributed by atoms with van der Waals surface area (Å²) in [6, 6.07) is 13.7. The van der Waals surface area contributed by atoms with Gasteiger partial charge in [0.25, 0.3) is 0 Å². The minimum absolute atomic E-state index is 0.0679. The molecule has 0 aliphatic rings. The average molecular weight is 359 g/mol. The highest BCUT2D eigenvalue weighted by Crippen LogP contribution is 2.10. The van der Waals surface area contributed by atoms with Crippen LogP contribution in [0.5, 0.6) is 0 Å². The Morgan fingerprint density at radius 1 is 1.12 bits per heavy atom. The normalized spacial score (nSPS) is 11.6. The van der Waals surface area contributed by atoms with Crippen molar-refractivity contribution in [1.29, 1.82) is 0 Å². The zero-order valence-electron chi connectivity index (χ0n) is 13.3. The first-order chi connectivity index (χ1) is 11.9. The first kappa shape index (κ1) is 17.1. The molecule has 0 saturated carbocycles. The van der Waals surface area contributed by atoms with Crippen molar-refractivity contribution in [2.24, 2.45) is 5.14 Å². The number of aromatic nitrogens is 3. The number of fused-ring (bicyclic) bond motifs is 1. The number of benzene rings is 2. The lowest BCUT2D eigenvalue weighted by atomic mass is 10.1. The van der Waals surface area contributed by atoms with Crippen LogP contribution in [-0.2, 0) is 27.8 Å². The van der Waals surface area contributed by atoms with Crippen LogP contribution in [-0.4, -0.2) is 35.9 Å². The molecule has 0 radical (unpaired) electrons. The highest BCUT2D eigenvalue weighted by Gasteiger charge is 2.09. The first-order valence-electron chi connectivity index (χ1n) is 7.60. The smallest absolute Gasteiger partial charge is 0.241 e. The van der Waals surface area contributed by atoms with Crippen LogP contribution in [0.4, 0.5) is 0 Å². The standard InChI is InChI=1S/C16H17N5O3S/c17-25(23,24)13-7-5-12(6-8-13)9-10-18-16(22)11-21-15-4-2-1-3-14(15)19-20-21/h1-8H,9-11H2,(H,18,22)(H2,17,23,24). The lowest BCUT2D eigenvalue weighted by Crippen LogP contribution is -2.29. The molecule has 0 fully saturated rings. The number of amides is 1. The van der Waals surface area contributed by atoms with Gasteiger partial charge in [-0.3, -0.25) is 4.79 Å². The van der Waals surface area contributed by atoms with E-state index in [1.54, 1.807) is 16.8 Å². The maximum absolute atomic E-state index is 12.0. The van der Waals surface area contributed by atoms with Gasteiger partial charge in [-0.2, -0.15) is 0 Å². The fourth-order valence-electron chi connectivity index (χ4n) is 2.42. The van der Waals surface area contributed by atoms with E-state index in [4.69, 9.17) is 5.14 Å². The van der Waals surface area contributed by atoms with E-state index >= 15 is 0 Å². The van der Waals surface area contributed by atoms with Gasteiger partial charge < -0.3 is 5.32 Å². The predicted molar refractivity (Wildman–Crippen MR) is 92.1 cm³/mol. The molecule has 0 aliphatic carbocycles. The van der Waals surface area contributed by atoms with Crippen LogP contribution in [0.15, 0.2) is 53.4 Å². The van der Waals surface area contributed by atoms with Gasteiger partial charge in [0, 0.05) is 6.54 Å². The molecule has 0 unspecified atom stereocenters. The summed E-state index contributed by atoms with van der Waals surface area (Å²) in [4.78, 5) is 12.1. The number of carbonyl (C=O) groups excluding carboxylic acids is 1. The van der Waals surface area contributed by atoms with E-state index in [2.05, 4.69) is 15.6 Å². The molecule has 25 heavy (non-hydrogen) atoms. The first-order valence-corrected chi connectivity index (χ1v) is 9.15. The van der Waals surface area contributed by atoms with Gasteiger partial charge in [-0.15, -0.1) is 5.10 Å². The SMILES string of the molecule is NS(=O)(=O)c1ccc(CCNC(=O)Cn2nnc3ccccc32)cc1. The molecule has 3 rings (SSSR count). The molecular formula is C16H17N5O3S. The van der Waals surface area contributed by atoms with Crippen LogP contribution in [0.25, 0.3) is 11.0 Å². The van der Waals surface area contributed by atoms with Crippen LogP contribution in [0, 0.1) is 0 Å². The average Bonchev–Trinajstić information content (AvgIpc) is 2.98. The van der Waals surface area contributed by atoms with Gasteiger partial charge in [0.1, 0.15) is 12.1 Å². The van der Waals surface area contributed by atoms with Gasteiger partial charge in [-0.05, 0) is 36.2 Å². The molecule has 9 heteroatoms. The summed E-state index contributed by atoms with van der Waals surface area (Å²) in [7, 11) is -3.69. The number of nitrogens with two attached hydrogens (primary N) is 1. The molecule has 3 N–H and O–H groups in total. The van der Waals surface area contributed by atoms with Gasteiger partial charge in [0.05, 0.1) is 10.4 Å². The van der Waals surface area contributed by atoms with E-state index in [1.165, 1.54) is 12.1 Å². The quantitative estimate of drug-likeness (QED) is 0.661. The molecule has 0 saturated heterocycles. The van der Waals surface area contributed by atoms with E-state index in [-0.39, 0.29) is 17.3 Å². The summed E-state index contributed by atoms with van der Waals surface area (Å²) in [5.41, 5.74) is 2.44. The molecule has 1 aromatic heterocycles. The molecule has 8 nitrogen and oxygen atoms in total. The maximum atomic E-state index is 12.0. The molecule has 0 atom stereocenters. The Kier molecular flexibility index (Phi) is 4.77. The number of para-hydroxylation sites is 1. The zero-order valence-corrected chi connectivity index (χ0v) is 14.1. The molecule has 130 valence electrons. The number of hydrogen-bond acceptors (Lipinski definition) is 5. The van der Waals surface area contributed by atoms with E-state index in [0.717, 1.165) is 16.6 Å². The molecule has 1 heterocycles. The number of carbonyl (C=O) groups is 1. The van der Waals surface area contributed by atoms with Gasteiger partial charge in [-0.25, -0.2) is 18.2 Å². The molecule has 1 amide bonds. The summed E-state index contributed by atoms with van der Waals surface area (Å²) in [6.07, 6.45) is 0.578. The summed E-state index contributed by atoms with van der Waals surface area (Å²) < 4.78 is 23.9. The molecule has 2 aromatic carbocycles. The third kappa shape index (κ3) is 4.20. The highest BCUT2D eigenvalue weighted by molar-refractivity contribution is 7.89.